The van der Waals surface area contributed by atoms with Crippen LogP contribution < -0.4 is 5.32 Å². The Bertz CT molecular complexity index is 708. The molecule has 0 aliphatic carbocycles. The van der Waals surface area contributed by atoms with Crippen molar-refractivity contribution in [3.05, 3.63) is 35.9 Å². The van der Waals surface area contributed by atoms with E-state index in [0.717, 1.165) is 16.7 Å². The first-order chi connectivity index (χ1) is 11.7. The molecule has 0 aromatic heterocycles. The molecule has 2 rings (SSSR count). The van der Waals surface area contributed by atoms with Crippen molar-refractivity contribution >= 4 is 22.3 Å². The number of ether oxygens (including phenoxy) is 1. The lowest BCUT2D eigenvalue weighted by atomic mass is 10.0. The fourth-order valence-corrected chi connectivity index (χ4v) is 3.14. The van der Waals surface area contributed by atoms with Gasteiger partial charge in [-0.2, -0.15) is 8.42 Å². The van der Waals surface area contributed by atoms with Gasteiger partial charge in [0.1, 0.15) is 12.7 Å². The van der Waals surface area contributed by atoms with Crippen molar-refractivity contribution in [1.82, 2.24) is 10.2 Å². The zero-order chi connectivity index (χ0) is 18.4. The average Bonchev–Trinajstić information content (AvgIpc) is 2.54. The van der Waals surface area contributed by atoms with E-state index < -0.39 is 34.5 Å². The third kappa shape index (κ3) is 6.24. The predicted molar refractivity (Wildman–Crippen MR) is 87.5 cm³/mol. The lowest BCUT2D eigenvalue weighted by Gasteiger charge is -2.36. The third-order valence-electron chi connectivity index (χ3n) is 3.64. The fraction of sp³-hybridized carbons (Fsp3) is 0.467. The van der Waals surface area contributed by atoms with Gasteiger partial charge in [-0.25, -0.2) is 9.59 Å². The normalized spacial score (nSPS) is 20.8. The molecular weight excluding hydrogens is 352 g/mol. The maximum absolute atomic E-state index is 11.9. The molecular formula is C15H20N2O7S. The number of piperidine rings is 1. The van der Waals surface area contributed by atoms with Gasteiger partial charge in [-0.3, -0.25) is 4.18 Å². The van der Waals surface area contributed by atoms with Crippen LogP contribution >= 0.6 is 0 Å². The van der Waals surface area contributed by atoms with E-state index in [0.29, 0.717) is 0 Å². The quantitative estimate of drug-likeness (QED) is 0.740. The van der Waals surface area contributed by atoms with Gasteiger partial charge in [0.05, 0.1) is 18.8 Å². The van der Waals surface area contributed by atoms with Crippen molar-refractivity contribution in [2.24, 2.45) is 0 Å². The summed E-state index contributed by atoms with van der Waals surface area (Å²) in [7, 11) is -3.81. The van der Waals surface area contributed by atoms with Crippen molar-refractivity contribution in [3.8, 4) is 0 Å². The van der Waals surface area contributed by atoms with Gasteiger partial charge in [-0.05, 0) is 12.0 Å². The number of nitrogens with one attached hydrogen (secondary N) is 1. The van der Waals surface area contributed by atoms with E-state index in [1.165, 1.54) is 0 Å². The number of hydrogen-bond acceptors (Lipinski definition) is 6. The summed E-state index contributed by atoms with van der Waals surface area (Å²) in [5.41, 5.74) is 0.808. The molecule has 0 spiro atoms. The first-order valence-electron chi connectivity index (χ1n) is 7.58. The zero-order valence-corrected chi connectivity index (χ0v) is 14.4. The van der Waals surface area contributed by atoms with E-state index in [1.807, 2.05) is 18.2 Å². The summed E-state index contributed by atoms with van der Waals surface area (Å²) in [5, 5.41) is 11.6. The number of likely N-dealkylation sites (tertiary alicyclic amines) is 1. The molecule has 25 heavy (non-hydrogen) atoms. The number of rotatable bonds is 5. The van der Waals surface area contributed by atoms with Crippen LogP contribution in [0, 0.1) is 0 Å². The maximum atomic E-state index is 11.9. The SMILES string of the molecule is CS(=O)(=O)O[C@H]1CN(C(=O)O)CC[C@@H]1NC(=O)OCc1ccccc1. The molecule has 2 N–H and O–H groups in total. The van der Waals surface area contributed by atoms with Gasteiger partial charge < -0.3 is 20.1 Å². The second-order valence-corrected chi connectivity index (χ2v) is 7.27. The summed E-state index contributed by atoms with van der Waals surface area (Å²) in [6.07, 6.45) is -1.82. The Kier molecular flexibility index (Phi) is 6.21. The zero-order valence-electron chi connectivity index (χ0n) is 13.6. The number of alkyl carbamates (subject to hydrolysis) is 1. The number of carbonyl (C=O) groups is 2. The molecule has 0 radical (unpaired) electrons. The highest BCUT2D eigenvalue weighted by molar-refractivity contribution is 7.86. The van der Waals surface area contributed by atoms with E-state index in [1.54, 1.807) is 12.1 Å². The lowest BCUT2D eigenvalue weighted by molar-refractivity contribution is 0.0553. The van der Waals surface area contributed by atoms with Gasteiger partial charge in [-0.15, -0.1) is 0 Å². The Morgan fingerprint density at radius 3 is 2.60 bits per heavy atom. The highest BCUT2D eigenvalue weighted by Crippen LogP contribution is 2.16. The summed E-state index contributed by atoms with van der Waals surface area (Å²) in [6.45, 7) is 0.0624. The number of benzene rings is 1. The molecule has 1 aliphatic rings. The minimum absolute atomic E-state index is 0.0677. The average molecular weight is 372 g/mol. The monoisotopic (exact) mass is 372 g/mol. The molecule has 10 heteroatoms. The van der Waals surface area contributed by atoms with Gasteiger partial charge in [0, 0.05) is 6.54 Å². The molecule has 2 atom stereocenters. The Hall–Kier alpha value is -2.33. The fourth-order valence-electron chi connectivity index (χ4n) is 2.49. The molecule has 1 aromatic rings. The summed E-state index contributed by atoms with van der Waals surface area (Å²) < 4.78 is 32.8. The van der Waals surface area contributed by atoms with Crippen LogP contribution in [0.1, 0.15) is 12.0 Å². The van der Waals surface area contributed by atoms with Crippen LogP contribution in [-0.2, 0) is 25.6 Å². The molecule has 0 bridgehead atoms. The van der Waals surface area contributed by atoms with Crippen molar-refractivity contribution in [2.75, 3.05) is 19.3 Å². The summed E-state index contributed by atoms with van der Waals surface area (Å²) >= 11 is 0. The summed E-state index contributed by atoms with van der Waals surface area (Å²) in [5.74, 6) is 0. The molecule has 0 saturated carbocycles. The number of carbonyl (C=O) groups excluding carboxylic acids is 1. The smallest absolute Gasteiger partial charge is 0.407 e. The number of amides is 2. The van der Waals surface area contributed by atoms with Gasteiger partial charge in [-0.1, -0.05) is 30.3 Å². The van der Waals surface area contributed by atoms with Crippen LogP contribution in [0.4, 0.5) is 9.59 Å². The van der Waals surface area contributed by atoms with Crippen molar-refractivity contribution in [2.45, 2.75) is 25.2 Å². The van der Waals surface area contributed by atoms with Crippen LogP contribution in [-0.4, -0.2) is 62.1 Å². The van der Waals surface area contributed by atoms with Gasteiger partial charge in [0.25, 0.3) is 10.1 Å². The van der Waals surface area contributed by atoms with E-state index in [4.69, 9.17) is 14.0 Å². The Labute approximate surface area is 145 Å². The Morgan fingerprint density at radius 2 is 2.00 bits per heavy atom. The molecule has 1 heterocycles. The van der Waals surface area contributed by atoms with Crippen molar-refractivity contribution in [1.29, 1.82) is 0 Å². The van der Waals surface area contributed by atoms with Crippen molar-refractivity contribution in [3.63, 3.8) is 0 Å². The van der Waals surface area contributed by atoms with Gasteiger partial charge in [0.2, 0.25) is 0 Å². The van der Waals surface area contributed by atoms with Crippen LogP contribution in [0.3, 0.4) is 0 Å². The summed E-state index contributed by atoms with van der Waals surface area (Å²) in [6, 6.07) is 8.39. The van der Waals surface area contributed by atoms with E-state index in [9.17, 15) is 18.0 Å². The maximum Gasteiger partial charge on any atom is 0.407 e. The van der Waals surface area contributed by atoms with Crippen LogP contribution in [0.2, 0.25) is 0 Å². The largest absolute Gasteiger partial charge is 0.465 e. The van der Waals surface area contributed by atoms with Crippen LogP contribution in [0.25, 0.3) is 0 Å². The molecule has 9 nitrogen and oxygen atoms in total. The molecule has 1 fully saturated rings. The minimum Gasteiger partial charge on any atom is -0.465 e. The molecule has 1 saturated heterocycles. The molecule has 1 aromatic carbocycles. The third-order valence-corrected chi connectivity index (χ3v) is 4.24. The Morgan fingerprint density at radius 1 is 1.32 bits per heavy atom. The van der Waals surface area contributed by atoms with Crippen molar-refractivity contribution < 1.29 is 32.0 Å². The van der Waals surface area contributed by atoms with Gasteiger partial charge in [0.15, 0.2) is 0 Å². The summed E-state index contributed by atoms with van der Waals surface area (Å²) in [4.78, 5) is 24.1. The second kappa shape index (κ2) is 8.17. The number of carboxylic acid groups (broad SMARTS) is 1. The number of hydrogen-bond donors (Lipinski definition) is 2. The molecule has 0 unspecified atom stereocenters. The van der Waals surface area contributed by atoms with Gasteiger partial charge >= 0.3 is 12.2 Å². The number of nitrogens with zero attached hydrogens (tertiary/aromatic N) is 1. The lowest BCUT2D eigenvalue weighted by Crippen LogP contribution is -2.56. The topological polar surface area (TPSA) is 122 Å². The minimum atomic E-state index is -3.81. The van der Waals surface area contributed by atoms with E-state index in [2.05, 4.69) is 5.32 Å². The van der Waals surface area contributed by atoms with Crippen LogP contribution in [0.5, 0.6) is 0 Å². The molecule has 1 aliphatic heterocycles. The molecule has 2 amide bonds. The highest BCUT2D eigenvalue weighted by atomic mass is 32.2. The highest BCUT2D eigenvalue weighted by Gasteiger charge is 2.35. The molecule has 138 valence electrons. The first-order valence-corrected chi connectivity index (χ1v) is 9.39. The van der Waals surface area contributed by atoms with Crippen LogP contribution in [0.15, 0.2) is 30.3 Å². The Balaban J connectivity index is 1.95. The first kappa shape index (κ1) is 19.0. The van der Waals surface area contributed by atoms with E-state index in [-0.39, 0.29) is 26.1 Å². The predicted octanol–water partition coefficient (Wildman–Crippen LogP) is 1.01. The van der Waals surface area contributed by atoms with E-state index >= 15 is 0 Å². The second-order valence-electron chi connectivity index (χ2n) is 5.67. The standard InChI is InChI=1S/C15H20N2O7S/c1-25(21,22)24-13-9-17(15(19)20)8-7-12(13)16-14(18)23-10-11-5-3-2-4-6-11/h2-6,12-13H,7-10H2,1H3,(H,16,18)(H,19,20)/t12-,13-/m0/s1.